The molecule has 3 rings (SSSR count). The molecule has 2 aliphatic rings. The molecule has 0 spiro atoms. The first-order chi connectivity index (χ1) is 11.8. The number of amides is 2. The van der Waals surface area contributed by atoms with E-state index in [2.05, 4.69) is 15.2 Å². The lowest BCUT2D eigenvalue weighted by Gasteiger charge is -2.30. The van der Waals surface area contributed by atoms with Gasteiger partial charge in [-0.05, 0) is 36.8 Å². The fraction of sp³-hybridized carbons (Fsp3) is 0.684. The highest BCUT2D eigenvalue weighted by atomic mass is 16.5. The number of pyridine rings is 1. The Kier molecular flexibility index (Phi) is 5.94. The molecular formula is C19H29N3O2. The molecule has 0 unspecified atom stereocenters. The van der Waals surface area contributed by atoms with Gasteiger partial charge in [-0.3, -0.25) is 0 Å². The smallest absolute Gasteiger partial charge is 0.317 e. The summed E-state index contributed by atoms with van der Waals surface area (Å²) in [5.41, 5.74) is 1.01. The van der Waals surface area contributed by atoms with Crippen LogP contribution in [0.2, 0.25) is 0 Å². The molecule has 1 aromatic heterocycles. The van der Waals surface area contributed by atoms with E-state index in [4.69, 9.17) is 4.74 Å². The van der Waals surface area contributed by atoms with Crippen LogP contribution in [0.1, 0.15) is 56.9 Å². The van der Waals surface area contributed by atoms with Crippen LogP contribution in [0.25, 0.3) is 0 Å². The van der Waals surface area contributed by atoms with Crippen LogP contribution in [0, 0.1) is 5.92 Å². The number of likely N-dealkylation sites (tertiary alicyclic amines) is 1. The number of nitrogens with one attached hydrogen (secondary N) is 1. The fourth-order valence-corrected chi connectivity index (χ4v) is 4.11. The van der Waals surface area contributed by atoms with Crippen LogP contribution in [-0.2, 0) is 6.54 Å². The summed E-state index contributed by atoms with van der Waals surface area (Å²) in [6.07, 6.45) is 12.0. The maximum absolute atomic E-state index is 12.6. The monoisotopic (exact) mass is 331 g/mol. The van der Waals surface area contributed by atoms with Gasteiger partial charge in [-0.25, -0.2) is 9.78 Å². The quantitative estimate of drug-likeness (QED) is 0.894. The van der Waals surface area contributed by atoms with Gasteiger partial charge in [0.05, 0.1) is 7.11 Å². The number of hydrogen-bond donors (Lipinski definition) is 1. The van der Waals surface area contributed by atoms with Gasteiger partial charge in [0.15, 0.2) is 0 Å². The largest absolute Gasteiger partial charge is 0.481 e. The number of aromatic nitrogens is 1. The highest BCUT2D eigenvalue weighted by molar-refractivity contribution is 5.74. The van der Waals surface area contributed by atoms with Crippen LogP contribution in [0.5, 0.6) is 5.88 Å². The second kappa shape index (κ2) is 8.36. The standard InChI is InChI=1S/C19H29N3O2/c1-24-18-13-16(9-10-20-18)14-21-19(23)22-11-5-8-17(22)12-15-6-3-2-4-7-15/h9-10,13,15,17H,2-8,11-12,14H2,1H3,(H,21,23)/t17-/m0/s1. The van der Waals surface area contributed by atoms with Gasteiger partial charge in [-0.15, -0.1) is 0 Å². The second-order valence-electron chi connectivity index (χ2n) is 7.09. The summed E-state index contributed by atoms with van der Waals surface area (Å²) in [5.74, 6) is 1.40. The molecule has 0 radical (unpaired) electrons. The van der Waals surface area contributed by atoms with Crippen molar-refractivity contribution in [2.45, 2.75) is 64.0 Å². The molecule has 0 aromatic carbocycles. The number of urea groups is 1. The fourth-order valence-electron chi connectivity index (χ4n) is 4.11. The van der Waals surface area contributed by atoms with E-state index in [1.165, 1.54) is 38.5 Å². The van der Waals surface area contributed by atoms with E-state index in [1.807, 2.05) is 12.1 Å². The molecule has 2 heterocycles. The summed E-state index contributed by atoms with van der Waals surface area (Å²) in [7, 11) is 1.60. The van der Waals surface area contributed by atoms with Crippen molar-refractivity contribution in [3.8, 4) is 5.88 Å². The first kappa shape index (κ1) is 17.1. The average Bonchev–Trinajstić information content (AvgIpc) is 3.09. The third-order valence-corrected chi connectivity index (χ3v) is 5.42. The Morgan fingerprint density at radius 2 is 2.12 bits per heavy atom. The number of carbonyl (C=O) groups excluding carboxylic acids is 1. The highest BCUT2D eigenvalue weighted by Gasteiger charge is 2.30. The van der Waals surface area contributed by atoms with E-state index >= 15 is 0 Å². The van der Waals surface area contributed by atoms with Crippen LogP contribution in [0.4, 0.5) is 4.79 Å². The average molecular weight is 331 g/mol. The summed E-state index contributed by atoms with van der Waals surface area (Å²) in [6, 6.07) is 4.28. The van der Waals surface area contributed by atoms with Crippen molar-refractivity contribution in [1.29, 1.82) is 0 Å². The number of nitrogens with zero attached hydrogens (tertiary/aromatic N) is 2. The van der Waals surface area contributed by atoms with Crippen molar-refractivity contribution in [2.24, 2.45) is 5.92 Å². The predicted octanol–water partition coefficient (Wildman–Crippen LogP) is 3.73. The molecule has 2 amide bonds. The molecular weight excluding hydrogens is 302 g/mol. The van der Waals surface area contributed by atoms with Crippen LogP contribution in [0.15, 0.2) is 18.3 Å². The summed E-state index contributed by atoms with van der Waals surface area (Å²) in [5, 5.41) is 3.06. The summed E-state index contributed by atoms with van der Waals surface area (Å²) in [4.78, 5) is 18.7. The molecule has 1 saturated carbocycles. The number of methoxy groups -OCH3 is 1. The summed E-state index contributed by atoms with van der Waals surface area (Å²) < 4.78 is 5.13. The molecule has 2 fully saturated rings. The Bertz CT molecular complexity index is 543. The molecule has 132 valence electrons. The Morgan fingerprint density at radius 3 is 2.92 bits per heavy atom. The molecule has 5 nitrogen and oxygen atoms in total. The van der Waals surface area contributed by atoms with Crippen molar-refractivity contribution in [3.05, 3.63) is 23.9 Å². The lowest BCUT2D eigenvalue weighted by Crippen LogP contribution is -2.43. The Morgan fingerprint density at radius 1 is 1.29 bits per heavy atom. The number of carbonyl (C=O) groups is 1. The molecule has 0 bridgehead atoms. The van der Waals surface area contributed by atoms with E-state index in [9.17, 15) is 4.79 Å². The van der Waals surface area contributed by atoms with Gasteiger partial charge in [0.1, 0.15) is 0 Å². The molecule has 1 aromatic rings. The zero-order chi connectivity index (χ0) is 16.8. The zero-order valence-corrected chi connectivity index (χ0v) is 14.7. The van der Waals surface area contributed by atoms with Gasteiger partial charge in [-0.1, -0.05) is 32.1 Å². The minimum Gasteiger partial charge on any atom is -0.481 e. The lowest BCUT2D eigenvalue weighted by atomic mass is 9.84. The van der Waals surface area contributed by atoms with Gasteiger partial charge in [0, 0.05) is 31.4 Å². The molecule has 1 aliphatic heterocycles. The first-order valence-corrected chi connectivity index (χ1v) is 9.29. The van der Waals surface area contributed by atoms with Gasteiger partial charge < -0.3 is 15.0 Å². The topological polar surface area (TPSA) is 54.5 Å². The van der Waals surface area contributed by atoms with E-state index < -0.39 is 0 Å². The molecule has 1 aliphatic carbocycles. The van der Waals surface area contributed by atoms with E-state index in [0.29, 0.717) is 18.5 Å². The molecule has 1 N–H and O–H groups in total. The van der Waals surface area contributed by atoms with Gasteiger partial charge in [-0.2, -0.15) is 0 Å². The maximum atomic E-state index is 12.6. The van der Waals surface area contributed by atoms with Gasteiger partial charge in [0.2, 0.25) is 5.88 Å². The molecule has 24 heavy (non-hydrogen) atoms. The van der Waals surface area contributed by atoms with Gasteiger partial charge in [0.25, 0.3) is 0 Å². The minimum atomic E-state index is 0.0732. The molecule has 1 saturated heterocycles. The van der Waals surface area contributed by atoms with Crippen molar-refractivity contribution < 1.29 is 9.53 Å². The van der Waals surface area contributed by atoms with E-state index in [-0.39, 0.29) is 6.03 Å². The second-order valence-corrected chi connectivity index (χ2v) is 7.09. The third kappa shape index (κ3) is 4.40. The Balaban J connectivity index is 1.51. The SMILES string of the molecule is COc1cc(CNC(=O)N2CCC[C@H]2CC2CCCCC2)ccn1. The number of hydrogen-bond acceptors (Lipinski definition) is 3. The minimum absolute atomic E-state index is 0.0732. The number of ether oxygens (including phenoxy) is 1. The third-order valence-electron chi connectivity index (χ3n) is 5.42. The zero-order valence-electron chi connectivity index (χ0n) is 14.7. The molecule has 5 heteroatoms. The van der Waals surface area contributed by atoms with Crippen LogP contribution >= 0.6 is 0 Å². The molecule has 1 atom stereocenters. The first-order valence-electron chi connectivity index (χ1n) is 9.29. The van der Waals surface area contributed by atoms with Crippen molar-refractivity contribution >= 4 is 6.03 Å². The van der Waals surface area contributed by atoms with E-state index in [1.54, 1.807) is 13.3 Å². The van der Waals surface area contributed by atoms with Crippen molar-refractivity contribution in [1.82, 2.24) is 15.2 Å². The summed E-state index contributed by atoms with van der Waals surface area (Å²) in [6.45, 7) is 1.41. The van der Waals surface area contributed by atoms with Crippen LogP contribution < -0.4 is 10.1 Å². The summed E-state index contributed by atoms with van der Waals surface area (Å²) >= 11 is 0. The normalized spacial score (nSPS) is 21.7. The van der Waals surface area contributed by atoms with E-state index in [0.717, 1.165) is 30.9 Å². The van der Waals surface area contributed by atoms with Crippen LogP contribution in [-0.4, -0.2) is 35.6 Å². The highest BCUT2D eigenvalue weighted by Crippen LogP contribution is 2.32. The Hall–Kier alpha value is -1.78. The lowest BCUT2D eigenvalue weighted by molar-refractivity contribution is 0.177. The Labute approximate surface area is 144 Å². The van der Waals surface area contributed by atoms with Crippen molar-refractivity contribution in [3.63, 3.8) is 0 Å². The maximum Gasteiger partial charge on any atom is 0.317 e. The van der Waals surface area contributed by atoms with Crippen molar-refractivity contribution in [2.75, 3.05) is 13.7 Å². The van der Waals surface area contributed by atoms with Crippen LogP contribution in [0.3, 0.4) is 0 Å². The number of rotatable bonds is 5. The van der Waals surface area contributed by atoms with Gasteiger partial charge >= 0.3 is 6.03 Å². The predicted molar refractivity (Wildman–Crippen MR) is 93.9 cm³/mol.